The number of rotatable bonds is 5. The van der Waals surface area contributed by atoms with Crippen LogP contribution in [0.2, 0.25) is 0 Å². The lowest BCUT2D eigenvalue weighted by Crippen LogP contribution is -2.02. The first kappa shape index (κ1) is 14.7. The van der Waals surface area contributed by atoms with Gasteiger partial charge in [0.2, 0.25) is 11.5 Å². The van der Waals surface area contributed by atoms with E-state index in [1.54, 1.807) is 30.3 Å². The number of hydrogen-bond donors (Lipinski definition) is 0. The minimum atomic E-state index is -0.546. The summed E-state index contributed by atoms with van der Waals surface area (Å²) in [6, 6.07) is 12.0. The topological polar surface area (TPSA) is 87.2 Å². The summed E-state index contributed by atoms with van der Waals surface area (Å²) < 4.78 is 11.4. The SMILES string of the molecule is COC(=O)c1ccc(Cn2cc(C(=O)c3ccccc3)nn2)o1. The second-order valence-corrected chi connectivity index (χ2v) is 4.75. The van der Waals surface area contributed by atoms with Gasteiger partial charge in [0.1, 0.15) is 12.3 Å². The van der Waals surface area contributed by atoms with Crippen LogP contribution in [-0.2, 0) is 11.3 Å². The normalized spacial score (nSPS) is 10.5. The number of ether oxygens (including phenoxy) is 1. The van der Waals surface area contributed by atoms with Crippen LogP contribution in [-0.4, -0.2) is 33.9 Å². The Bertz CT molecular complexity index is 836. The van der Waals surface area contributed by atoms with Gasteiger partial charge in [0.15, 0.2) is 5.69 Å². The molecule has 23 heavy (non-hydrogen) atoms. The van der Waals surface area contributed by atoms with E-state index in [4.69, 9.17) is 4.42 Å². The van der Waals surface area contributed by atoms with Crippen molar-refractivity contribution in [3.63, 3.8) is 0 Å². The number of ketones is 1. The van der Waals surface area contributed by atoms with Crippen molar-refractivity contribution in [1.29, 1.82) is 0 Å². The van der Waals surface area contributed by atoms with Gasteiger partial charge < -0.3 is 9.15 Å². The van der Waals surface area contributed by atoms with Gasteiger partial charge in [0, 0.05) is 5.56 Å². The molecule has 3 rings (SSSR count). The predicted octanol–water partition coefficient (Wildman–Crippen LogP) is 1.94. The van der Waals surface area contributed by atoms with Gasteiger partial charge in [-0.25, -0.2) is 9.48 Å². The Kier molecular flexibility index (Phi) is 4.01. The fraction of sp³-hybridized carbons (Fsp3) is 0.125. The Morgan fingerprint density at radius 1 is 1.17 bits per heavy atom. The Hall–Kier alpha value is -3.22. The molecule has 2 heterocycles. The molecule has 7 heteroatoms. The number of carbonyl (C=O) groups excluding carboxylic acids is 2. The minimum Gasteiger partial charge on any atom is -0.463 e. The van der Waals surface area contributed by atoms with E-state index < -0.39 is 5.97 Å². The first-order chi connectivity index (χ1) is 11.2. The third-order valence-corrected chi connectivity index (χ3v) is 3.17. The Morgan fingerprint density at radius 3 is 2.70 bits per heavy atom. The molecule has 0 saturated heterocycles. The van der Waals surface area contributed by atoms with Gasteiger partial charge in [0.05, 0.1) is 13.3 Å². The second-order valence-electron chi connectivity index (χ2n) is 4.75. The molecular weight excluding hydrogens is 298 g/mol. The van der Waals surface area contributed by atoms with Gasteiger partial charge in [-0.3, -0.25) is 4.79 Å². The van der Waals surface area contributed by atoms with Crippen LogP contribution in [0.1, 0.15) is 32.4 Å². The van der Waals surface area contributed by atoms with E-state index in [1.165, 1.54) is 24.1 Å². The predicted molar refractivity (Wildman–Crippen MR) is 79.0 cm³/mol. The Labute approximate surface area is 131 Å². The highest BCUT2D eigenvalue weighted by Gasteiger charge is 2.15. The molecule has 0 fully saturated rings. The lowest BCUT2D eigenvalue weighted by atomic mass is 10.1. The van der Waals surface area contributed by atoms with E-state index in [9.17, 15) is 9.59 Å². The molecular formula is C16H13N3O4. The smallest absolute Gasteiger partial charge is 0.373 e. The number of hydrogen-bond acceptors (Lipinski definition) is 6. The van der Waals surface area contributed by atoms with E-state index >= 15 is 0 Å². The quantitative estimate of drug-likeness (QED) is 0.528. The molecule has 0 aliphatic heterocycles. The highest BCUT2D eigenvalue weighted by atomic mass is 16.5. The molecule has 0 aliphatic carbocycles. The molecule has 0 unspecified atom stereocenters. The number of carbonyl (C=O) groups is 2. The highest BCUT2D eigenvalue weighted by molar-refractivity contribution is 6.07. The molecule has 1 aromatic carbocycles. The first-order valence-electron chi connectivity index (χ1n) is 6.84. The molecule has 0 spiro atoms. The van der Waals surface area contributed by atoms with Crippen LogP contribution >= 0.6 is 0 Å². The molecule has 0 saturated carbocycles. The van der Waals surface area contributed by atoms with Crippen LogP contribution in [0.4, 0.5) is 0 Å². The van der Waals surface area contributed by atoms with Crippen molar-refractivity contribution >= 4 is 11.8 Å². The maximum atomic E-state index is 12.2. The number of nitrogens with zero attached hydrogens (tertiary/aromatic N) is 3. The molecule has 116 valence electrons. The van der Waals surface area contributed by atoms with E-state index in [-0.39, 0.29) is 23.8 Å². The molecule has 2 aromatic heterocycles. The van der Waals surface area contributed by atoms with Crippen LogP contribution in [0.15, 0.2) is 53.1 Å². The zero-order valence-electron chi connectivity index (χ0n) is 12.3. The van der Waals surface area contributed by atoms with Crippen molar-refractivity contribution in [2.45, 2.75) is 6.54 Å². The van der Waals surface area contributed by atoms with Crippen molar-refractivity contribution in [2.24, 2.45) is 0 Å². The van der Waals surface area contributed by atoms with Gasteiger partial charge in [-0.15, -0.1) is 5.10 Å². The number of benzene rings is 1. The summed E-state index contributed by atoms with van der Waals surface area (Å²) in [7, 11) is 1.28. The fourth-order valence-electron chi connectivity index (χ4n) is 2.05. The van der Waals surface area contributed by atoms with E-state index in [0.717, 1.165) is 0 Å². The van der Waals surface area contributed by atoms with Gasteiger partial charge in [0.25, 0.3) is 0 Å². The van der Waals surface area contributed by atoms with Crippen LogP contribution in [0.5, 0.6) is 0 Å². The summed E-state index contributed by atoms with van der Waals surface area (Å²) in [6.07, 6.45) is 1.54. The van der Waals surface area contributed by atoms with Crippen molar-refractivity contribution in [1.82, 2.24) is 15.0 Å². The molecule has 0 atom stereocenters. The summed E-state index contributed by atoms with van der Waals surface area (Å²) >= 11 is 0. The lowest BCUT2D eigenvalue weighted by Gasteiger charge is -1.97. The number of aromatic nitrogens is 3. The molecule has 0 N–H and O–H groups in total. The van der Waals surface area contributed by atoms with Crippen molar-refractivity contribution in [2.75, 3.05) is 7.11 Å². The summed E-state index contributed by atoms with van der Waals surface area (Å²) in [5, 5.41) is 7.78. The highest BCUT2D eigenvalue weighted by Crippen LogP contribution is 2.11. The third kappa shape index (κ3) is 3.18. The second kappa shape index (κ2) is 6.27. The van der Waals surface area contributed by atoms with Crippen molar-refractivity contribution in [3.8, 4) is 0 Å². The maximum absolute atomic E-state index is 12.2. The fourth-order valence-corrected chi connectivity index (χ4v) is 2.05. The summed E-state index contributed by atoms with van der Waals surface area (Å²) in [5.41, 5.74) is 0.793. The molecule has 0 amide bonds. The van der Waals surface area contributed by atoms with Gasteiger partial charge in [-0.05, 0) is 12.1 Å². The van der Waals surface area contributed by atoms with Crippen LogP contribution < -0.4 is 0 Å². The Morgan fingerprint density at radius 2 is 1.96 bits per heavy atom. The van der Waals surface area contributed by atoms with E-state index in [0.29, 0.717) is 11.3 Å². The molecule has 0 radical (unpaired) electrons. The molecule has 0 bridgehead atoms. The molecule has 0 aliphatic rings. The monoisotopic (exact) mass is 311 g/mol. The first-order valence-corrected chi connectivity index (χ1v) is 6.84. The van der Waals surface area contributed by atoms with E-state index in [2.05, 4.69) is 15.0 Å². The zero-order chi connectivity index (χ0) is 16.2. The maximum Gasteiger partial charge on any atom is 0.373 e. The van der Waals surface area contributed by atoms with Crippen LogP contribution in [0, 0.1) is 0 Å². The largest absolute Gasteiger partial charge is 0.463 e. The lowest BCUT2D eigenvalue weighted by molar-refractivity contribution is 0.0562. The summed E-state index contributed by atoms with van der Waals surface area (Å²) in [4.78, 5) is 23.6. The number of furan rings is 1. The standard InChI is InChI=1S/C16H13N3O4/c1-22-16(21)14-8-7-12(23-14)9-19-10-13(17-18-19)15(20)11-5-3-2-4-6-11/h2-8,10H,9H2,1H3. The molecule has 7 nitrogen and oxygen atoms in total. The zero-order valence-corrected chi connectivity index (χ0v) is 12.3. The van der Waals surface area contributed by atoms with Crippen LogP contribution in [0.25, 0.3) is 0 Å². The average molecular weight is 311 g/mol. The molecule has 3 aromatic rings. The van der Waals surface area contributed by atoms with Crippen LogP contribution in [0.3, 0.4) is 0 Å². The third-order valence-electron chi connectivity index (χ3n) is 3.17. The van der Waals surface area contributed by atoms with Gasteiger partial charge in [-0.1, -0.05) is 35.5 Å². The van der Waals surface area contributed by atoms with Crippen molar-refractivity contribution < 1.29 is 18.7 Å². The number of methoxy groups -OCH3 is 1. The van der Waals surface area contributed by atoms with Gasteiger partial charge in [-0.2, -0.15) is 0 Å². The summed E-state index contributed by atoms with van der Waals surface area (Å²) in [6.45, 7) is 0.256. The Balaban J connectivity index is 1.74. The average Bonchev–Trinajstić information content (AvgIpc) is 3.24. The van der Waals surface area contributed by atoms with Crippen molar-refractivity contribution in [3.05, 3.63) is 71.4 Å². The van der Waals surface area contributed by atoms with E-state index in [1.807, 2.05) is 6.07 Å². The van der Waals surface area contributed by atoms with Gasteiger partial charge >= 0.3 is 5.97 Å². The minimum absolute atomic E-state index is 0.114. The number of esters is 1. The summed E-state index contributed by atoms with van der Waals surface area (Å²) in [5.74, 6) is -0.126.